The fourth-order valence-electron chi connectivity index (χ4n) is 2.06. The molecule has 0 bridgehead atoms. The number of carbonyl (C=O) groups excluding carboxylic acids is 1. The number of hydrogen-bond acceptors (Lipinski definition) is 3. The molecule has 1 aromatic carbocycles. The van der Waals surface area contributed by atoms with Crippen molar-refractivity contribution < 1.29 is 9.53 Å². The third-order valence-corrected chi connectivity index (χ3v) is 3.08. The summed E-state index contributed by atoms with van der Waals surface area (Å²) in [6, 6.07) is 8.11. The lowest BCUT2D eigenvalue weighted by Gasteiger charge is -2.24. The number of rotatable bonds is 4. The molecule has 0 aromatic heterocycles. The number of carbonyl (C=O) groups is 1. The second-order valence-electron chi connectivity index (χ2n) is 4.47. The predicted molar refractivity (Wildman–Crippen MR) is 71.9 cm³/mol. The summed E-state index contributed by atoms with van der Waals surface area (Å²) < 4.78 is 5.32. The Balaban J connectivity index is 1.92. The number of benzene rings is 1. The van der Waals surface area contributed by atoms with E-state index in [9.17, 15) is 4.79 Å². The van der Waals surface area contributed by atoms with Crippen molar-refractivity contribution >= 4 is 11.6 Å². The van der Waals surface area contributed by atoms with Crippen LogP contribution in [0.15, 0.2) is 24.3 Å². The highest BCUT2D eigenvalue weighted by Crippen LogP contribution is 2.15. The van der Waals surface area contributed by atoms with Crippen LogP contribution in [0.1, 0.15) is 30.1 Å². The van der Waals surface area contributed by atoms with E-state index in [1.165, 1.54) is 0 Å². The first kappa shape index (κ1) is 12.9. The highest BCUT2D eigenvalue weighted by atomic mass is 16.5. The molecule has 4 nitrogen and oxygen atoms in total. The van der Waals surface area contributed by atoms with E-state index in [4.69, 9.17) is 4.74 Å². The number of hydrogen-bond donors (Lipinski definition) is 2. The molecule has 0 saturated carbocycles. The van der Waals surface area contributed by atoms with Gasteiger partial charge in [-0.1, -0.05) is 0 Å². The van der Waals surface area contributed by atoms with E-state index >= 15 is 0 Å². The van der Waals surface area contributed by atoms with Crippen LogP contribution in [0.3, 0.4) is 0 Å². The molecule has 1 saturated heterocycles. The van der Waals surface area contributed by atoms with Gasteiger partial charge in [-0.05, 0) is 44.0 Å². The lowest BCUT2D eigenvalue weighted by Crippen LogP contribution is -2.27. The molecular formula is C14H20N2O2. The predicted octanol–water partition coefficient (Wildman–Crippen LogP) is 2.03. The zero-order valence-corrected chi connectivity index (χ0v) is 10.7. The van der Waals surface area contributed by atoms with E-state index < -0.39 is 0 Å². The Morgan fingerprint density at radius 1 is 1.28 bits per heavy atom. The molecule has 0 aliphatic carbocycles. The number of amides is 1. The summed E-state index contributed by atoms with van der Waals surface area (Å²) in [5, 5.41) is 6.25. The van der Waals surface area contributed by atoms with Crippen LogP contribution in [-0.2, 0) is 4.74 Å². The highest BCUT2D eigenvalue weighted by molar-refractivity contribution is 5.94. The molecular weight excluding hydrogens is 228 g/mol. The molecule has 0 spiro atoms. The van der Waals surface area contributed by atoms with Gasteiger partial charge < -0.3 is 15.4 Å². The fraction of sp³-hybridized carbons (Fsp3) is 0.500. The lowest BCUT2D eigenvalue weighted by atomic mass is 10.1. The highest BCUT2D eigenvalue weighted by Gasteiger charge is 2.13. The van der Waals surface area contributed by atoms with Gasteiger partial charge in [0.15, 0.2) is 0 Å². The average Bonchev–Trinajstić information content (AvgIpc) is 2.41. The maximum absolute atomic E-state index is 11.6. The molecule has 1 aromatic rings. The van der Waals surface area contributed by atoms with Crippen LogP contribution in [0.4, 0.5) is 5.69 Å². The second-order valence-corrected chi connectivity index (χ2v) is 4.47. The van der Waals surface area contributed by atoms with Crippen molar-refractivity contribution in [2.45, 2.75) is 25.8 Å². The Labute approximate surface area is 108 Å². The van der Waals surface area contributed by atoms with Crippen molar-refractivity contribution in [2.75, 3.05) is 25.1 Å². The van der Waals surface area contributed by atoms with Gasteiger partial charge in [0.25, 0.3) is 5.91 Å². The molecule has 1 fully saturated rings. The molecule has 0 atom stereocenters. The summed E-state index contributed by atoms with van der Waals surface area (Å²) in [5.41, 5.74) is 1.77. The average molecular weight is 248 g/mol. The maximum atomic E-state index is 11.6. The van der Waals surface area contributed by atoms with Crippen LogP contribution in [0.2, 0.25) is 0 Å². The molecule has 1 aliphatic heterocycles. The Bertz CT molecular complexity index is 383. The largest absolute Gasteiger partial charge is 0.382 e. The smallest absolute Gasteiger partial charge is 0.251 e. The van der Waals surface area contributed by atoms with Crippen LogP contribution in [0.5, 0.6) is 0 Å². The minimum atomic E-state index is -0.0184. The molecule has 0 radical (unpaired) electrons. The minimum absolute atomic E-state index is 0.0184. The van der Waals surface area contributed by atoms with Gasteiger partial charge >= 0.3 is 0 Å². The van der Waals surface area contributed by atoms with E-state index in [1.807, 2.05) is 31.2 Å². The third-order valence-electron chi connectivity index (χ3n) is 3.08. The van der Waals surface area contributed by atoms with Gasteiger partial charge in [-0.2, -0.15) is 0 Å². The molecule has 2 rings (SSSR count). The van der Waals surface area contributed by atoms with Crippen molar-refractivity contribution in [1.82, 2.24) is 5.32 Å². The summed E-state index contributed by atoms with van der Waals surface area (Å²) in [6.45, 7) is 4.23. The van der Waals surface area contributed by atoms with Crippen LogP contribution >= 0.6 is 0 Å². The van der Waals surface area contributed by atoms with Crippen LogP contribution < -0.4 is 10.6 Å². The van der Waals surface area contributed by atoms with Crippen molar-refractivity contribution in [3.8, 4) is 0 Å². The zero-order chi connectivity index (χ0) is 12.8. The Morgan fingerprint density at radius 3 is 2.56 bits per heavy atom. The molecule has 1 amide bonds. The maximum Gasteiger partial charge on any atom is 0.251 e. The fourth-order valence-corrected chi connectivity index (χ4v) is 2.06. The first-order chi connectivity index (χ1) is 8.79. The number of ether oxygens (including phenoxy) is 1. The van der Waals surface area contributed by atoms with Crippen LogP contribution in [0, 0.1) is 0 Å². The lowest BCUT2D eigenvalue weighted by molar-refractivity contribution is 0.0904. The van der Waals surface area contributed by atoms with Crippen molar-refractivity contribution in [3.63, 3.8) is 0 Å². The van der Waals surface area contributed by atoms with Gasteiger partial charge in [0.05, 0.1) is 0 Å². The van der Waals surface area contributed by atoms with Crippen molar-refractivity contribution in [2.24, 2.45) is 0 Å². The summed E-state index contributed by atoms with van der Waals surface area (Å²) in [7, 11) is 0. The SMILES string of the molecule is CCNC(=O)c1ccc(NC2CCOCC2)cc1. The number of anilines is 1. The minimum Gasteiger partial charge on any atom is -0.382 e. The third kappa shape index (κ3) is 3.47. The zero-order valence-electron chi connectivity index (χ0n) is 10.7. The van der Waals surface area contributed by atoms with Gasteiger partial charge in [-0.25, -0.2) is 0 Å². The second kappa shape index (κ2) is 6.40. The molecule has 0 unspecified atom stereocenters. The van der Waals surface area contributed by atoms with E-state index in [0.29, 0.717) is 18.2 Å². The summed E-state index contributed by atoms with van der Waals surface area (Å²) in [5.74, 6) is -0.0184. The Hall–Kier alpha value is -1.55. The molecule has 1 aliphatic rings. The van der Waals surface area contributed by atoms with E-state index in [-0.39, 0.29) is 5.91 Å². The first-order valence-electron chi connectivity index (χ1n) is 6.52. The van der Waals surface area contributed by atoms with Gasteiger partial charge in [-0.15, -0.1) is 0 Å². The first-order valence-corrected chi connectivity index (χ1v) is 6.52. The van der Waals surface area contributed by atoms with E-state index in [1.54, 1.807) is 0 Å². The van der Waals surface area contributed by atoms with Gasteiger partial charge in [0.2, 0.25) is 0 Å². The van der Waals surface area contributed by atoms with Gasteiger partial charge in [0.1, 0.15) is 0 Å². The quantitative estimate of drug-likeness (QED) is 0.857. The molecule has 98 valence electrons. The summed E-state index contributed by atoms with van der Waals surface area (Å²) in [6.07, 6.45) is 2.08. The molecule has 1 heterocycles. The molecule has 18 heavy (non-hydrogen) atoms. The van der Waals surface area contributed by atoms with Gasteiger partial charge in [0, 0.05) is 37.1 Å². The summed E-state index contributed by atoms with van der Waals surface area (Å²) in [4.78, 5) is 11.6. The normalized spacial score (nSPS) is 16.3. The van der Waals surface area contributed by atoms with Crippen molar-refractivity contribution in [3.05, 3.63) is 29.8 Å². The monoisotopic (exact) mass is 248 g/mol. The topological polar surface area (TPSA) is 50.4 Å². The van der Waals surface area contributed by atoms with E-state index in [0.717, 1.165) is 31.7 Å². The molecule has 4 heteroatoms. The van der Waals surface area contributed by atoms with Gasteiger partial charge in [-0.3, -0.25) is 4.79 Å². The standard InChI is InChI=1S/C14H20N2O2/c1-2-15-14(17)11-3-5-12(6-4-11)16-13-7-9-18-10-8-13/h3-6,13,16H,2,7-10H2,1H3,(H,15,17). The van der Waals surface area contributed by atoms with Crippen molar-refractivity contribution in [1.29, 1.82) is 0 Å². The van der Waals surface area contributed by atoms with Crippen LogP contribution in [0.25, 0.3) is 0 Å². The van der Waals surface area contributed by atoms with Crippen LogP contribution in [-0.4, -0.2) is 31.7 Å². The Kier molecular flexibility index (Phi) is 4.59. The number of nitrogens with one attached hydrogen (secondary N) is 2. The Morgan fingerprint density at radius 2 is 1.94 bits per heavy atom. The molecule has 2 N–H and O–H groups in total. The summed E-state index contributed by atoms with van der Waals surface area (Å²) >= 11 is 0. The van der Waals surface area contributed by atoms with E-state index in [2.05, 4.69) is 10.6 Å².